The van der Waals surface area contributed by atoms with Crippen LogP contribution in [0.5, 0.6) is 0 Å². The molecule has 6 atom stereocenters. The third-order valence-electron chi connectivity index (χ3n) is 10.2. The van der Waals surface area contributed by atoms with Crippen molar-refractivity contribution in [2.45, 2.75) is 101 Å². The fourth-order valence-corrected chi connectivity index (χ4v) is 7.68. The van der Waals surface area contributed by atoms with Gasteiger partial charge >= 0.3 is 11.9 Å². The number of likely N-dealkylation sites (tertiary alicyclic amines) is 2. The van der Waals surface area contributed by atoms with E-state index in [9.17, 15) is 53.4 Å². The molecule has 20 nitrogen and oxygen atoms in total. The summed E-state index contributed by atoms with van der Waals surface area (Å²) in [4.78, 5) is 126. The molecule has 3 heterocycles. The number of rotatable bonds is 22. The van der Waals surface area contributed by atoms with Gasteiger partial charge in [0.25, 0.3) is 0 Å². The molecule has 7 amide bonds. The second-order valence-corrected chi connectivity index (χ2v) is 15.6. The maximum Gasteiger partial charge on any atom is 0.326 e. The second-order valence-electron chi connectivity index (χ2n) is 14.6. The molecule has 4 rings (SSSR count). The van der Waals surface area contributed by atoms with Crippen molar-refractivity contribution < 1.29 is 53.4 Å². The molecule has 326 valence electrons. The number of carbonyl (C=O) groups is 9. The predicted molar refractivity (Wildman–Crippen MR) is 216 cm³/mol. The Balaban J connectivity index is 1.47. The van der Waals surface area contributed by atoms with Crippen LogP contribution in [0.3, 0.4) is 0 Å². The summed E-state index contributed by atoms with van der Waals surface area (Å²) in [5.41, 5.74) is 1.14. The van der Waals surface area contributed by atoms with E-state index in [1.54, 1.807) is 30.3 Å². The number of carbonyl (C=O) groups excluding carboxylic acids is 7. The van der Waals surface area contributed by atoms with E-state index >= 15 is 0 Å². The number of nitrogens with one attached hydrogen (secondary N) is 6. The van der Waals surface area contributed by atoms with Gasteiger partial charge in [0.05, 0.1) is 12.9 Å². The van der Waals surface area contributed by atoms with E-state index in [2.05, 4.69) is 36.6 Å². The number of thioether (sulfide) groups is 1. The first-order valence-electron chi connectivity index (χ1n) is 19.7. The third kappa shape index (κ3) is 13.8. The van der Waals surface area contributed by atoms with Crippen LogP contribution in [0.15, 0.2) is 42.9 Å². The van der Waals surface area contributed by atoms with Crippen LogP contribution >= 0.6 is 11.8 Å². The largest absolute Gasteiger partial charge is 0.481 e. The number of carboxylic acids is 2. The van der Waals surface area contributed by atoms with Crippen molar-refractivity contribution in [1.82, 2.24) is 46.4 Å². The van der Waals surface area contributed by atoms with Crippen molar-refractivity contribution in [3.05, 3.63) is 54.1 Å². The lowest BCUT2D eigenvalue weighted by Gasteiger charge is -2.32. The molecule has 0 unspecified atom stereocenters. The first-order chi connectivity index (χ1) is 28.7. The summed E-state index contributed by atoms with van der Waals surface area (Å²) in [7, 11) is 0. The zero-order chi connectivity index (χ0) is 43.8. The molecule has 2 saturated heterocycles. The maximum absolute atomic E-state index is 14.1. The Morgan fingerprint density at radius 1 is 0.800 bits per heavy atom. The molecule has 60 heavy (non-hydrogen) atoms. The fourth-order valence-electron chi connectivity index (χ4n) is 7.21. The van der Waals surface area contributed by atoms with E-state index < -0.39 is 103 Å². The standard InChI is InChI=1S/C39H53N9O11S/c1-23(49)43-27(14-17-60-2)35(54)46-28(19-25-20-40-22-42-25)36(55)45-26(12-13-33(51)52)34(53)41-21-32(50)44-29(18-24-8-4-3-5-9-24)37(56)47-15-6-10-30(47)38(57)48-16-7-11-31(48)39(58)59/h3-5,8-9,20,22,26-31H,6-7,10-19,21H2,1-2H3,(H,40,42)(H,41,53)(H,43,49)(H,44,50)(H,45,55)(H,46,54)(H,51,52)(H,58,59)/t26-,27-,28-,29-,30-,31-/m0/s1. The molecule has 0 bridgehead atoms. The van der Waals surface area contributed by atoms with Crippen LogP contribution in [-0.2, 0) is 56.0 Å². The average molecular weight is 856 g/mol. The van der Waals surface area contributed by atoms with Gasteiger partial charge in [0.15, 0.2) is 0 Å². The second kappa shape index (κ2) is 23.0. The number of imidazole rings is 1. The zero-order valence-corrected chi connectivity index (χ0v) is 34.3. The minimum Gasteiger partial charge on any atom is -0.481 e. The molecule has 1 aromatic carbocycles. The number of aliphatic carboxylic acids is 2. The maximum atomic E-state index is 14.1. The van der Waals surface area contributed by atoms with Gasteiger partial charge in [0.1, 0.15) is 36.3 Å². The lowest BCUT2D eigenvalue weighted by atomic mass is 10.0. The Bertz CT molecular complexity index is 1850. The summed E-state index contributed by atoms with van der Waals surface area (Å²) in [6.45, 7) is 1.03. The van der Waals surface area contributed by atoms with Gasteiger partial charge in [-0.25, -0.2) is 9.78 Å². The lowest BCUT2D eigenvalue weighted by molar-refractivity contribution is -0.152. The van der Waals surface area contributed by atoms with Crippen molar-refractivity contribution in [3.8, 4) is 0 Å². The highest BCUT2D eigenvalue weighted by atomic mass is 32.2. The number of aromatic amines is 1. The minimum absolute atomic E-state index is 0.0268. The van der Waals surface area contributed by atoms with Crippen LogP contribution in [0.4, 0.5) is 0 Å². The first kappa shape index (κ1) is 46.7. The number of aromatic nitrogens is 2. The van der Waals surface area contributed by atoms with Crippen molar-refractivity contribution in [2.75, 3.05) is 31.6 Å². The van der Waals surface area contributed by atoms with E-state index in [0.717, 1.165) is 0 Å². The summed E-state index contributed by atoms with van der Waals surface area (Å²) in [5.74, 6) is -6.58. The van der Waals surface area contributed by atoms with Crippen molar-refractivity contribution in [2.24, 2.45) is 0 Å². The molecular weight excluding hydrogens is 803 g/mol. The van der Waals surface area contributed by atoms with Crippen LogP contribution < -0.4 is 26.6 Å². The molecule has 2 aromatic rings. The molecule has 2 aliphatic rings. The van der Waals surface area contributed by atoms with Crippen LogP contribution in [0.1, 0.15) is 63.1 Å². The van der Waals surface area contributed by atoms with Crippen LogP contribution in [0, 0.1) is 0 Å². The highest BCUT2D eigenvalue weighted by Crippen LogP contribution is 2.26. The summed E-state index contributed by atoms with van der Waals surface area (Å²) in [6.07, 6.45) is 5.50. The average Bonchev–Trinajstić information content (AvgIpc) is 4.02. The molecule has 2 fully saturated rings. The van der Waals surface area contributed by atoms with E-state index in [1.165, 1.54) is 41.0 Å². The predicted octanol–water partition coefficient (Wildman–Crippen LogP) is -1.05. The molecule has 0 aliphatic carbocycles. The van der Waals surface area contributed by atoms with Crippen LogP contribution in [0.25, 0.3) is 0 Å². The number of carboxylic acid groups (broad SMARTS) is 2. The summed E-state index contributed by atoms with van der Waals surface area (Å²) in [5, 5.41) is 31.8. The molecule has 2 aliphatic heterocycles. The fraction of sp³-hybridized carbons (Fsp3) is 0.538. The molecule has 0 radical (unpaired) electrons. The smallest absolute Gasteiger partial charge is 0.326 e. The number of hydrogen-bond donors (Lipinski definition) is 8. The monoisotopic (exact) mass is 855 g/mol. The number of hydrogen-bond acceptors (Lipinski definition) is 11. The van der Waals surface area contributed by atoms with Gasteiger partial charge < -0.3 is 51.6 Å². The Morgan fingerprint density at radius 2 is 1.45 bits per heavy atom. The Morgan fingerprint density at radius 3 is 2.08 bits per heavy atom. The van der Waals surface area contributed by atoms with Gasteiger partial charge in [-0.3, -0.25) is 38.4 Å². The van der Waals surface area contributed by atoms with Gasteiger partial charge in [-0.2, -0.15) is 11.8 Å². The van der Waals surface area contributed by atoms with Crippen molar-refractivity contribution in [1.29, 1.82) is 0 Å². The zero-order valence-electron chi connectivity index (χ0n) is 33.5. The highest BCUT2D eigenvalue weighted by molar-refractivity contribution is 7.98. The van der Waals surface area contributed by atoms with Gasteiger partial charge in [-0.1, -0.05) is 30.3 Å². The molecule has 0 spiro atoms. The molecule has 0 saturated carbocycles. The third-order valence-corrected chi connectivity index (χ3v) is 10.8. The van der Waals surface area contributed by atoms with Gasteiger partial charge in [-0.05, 0) is 56.1 Å². The summed E-state index contributed by atoms with van der Waals surface area (Å²) in [6, 6.07) is 1.94. The minimum atomic E-state index is -1.48. The topological polar surface area (TPSA) is 289 Å². The summed E-state index contributed by atoms with van der Waals surface area (Å²) < 4.78 is 0. The van der Waals surface area contributed by atoms with Crippen LogP contribution in [0.2, 0.25) is 0 Å². The van der Waals surface area contributed by atoms with E-state index in [-0.39, 0.29) is 38.8 Å². The normalized spacial score (nSPS) is 18.0. The number of amides is 7. The molecule has 1 aromatic heterocycles. The van der Waals surface area contributed by atoms with Gasteiger partial charge in [0.2, 0.25) is 41.4 Å². The number of H-pyrrole nitrogens is 1. The SMILES string of the molecule is CSCC[C@H](NC(C)=O)C(=O)N[C@@H](Cc1cnc[nH]1)C(=O)N[C@@H](CCC(=O)O)C(=O)NCC(=O)N[C@@H](Cc1ccccc1)C(=O)N1CCC[C@H]1C(=O)N1CCC[C@H]1C(=O)O. The first-order valence-corrected chi connectivity index (χ1v) is 21.1. The highest BCUT2D eigenvalue weighted by Gasteiger charge is 2.43. The van der Waals surface area contributed by atoms with E-state index in [4.69, 9.17) is 0 Å². The Kier molecular flexibility index (Phi) is 17.9. The molecule has 21 heteroatoms. The van der Waals surface area contributed by atoms with Crippen LogP contribution in [-0.4, -0.2) is 151 Å². The lowest BCUT2D eigenvalue weighted by Crippen LogP contribution is -2.58. The van der Waals surface area contributed by atoms with Crippen molar-refractivity contribution in [3.63, 3.8) is 0 Å². The Hall–Kier alpha value is -5.99. The van der Waals surface area contributed by atoms with Crippen molar-refractivity contribution >= 4 is 65.1 Å². The molecule has 8 N–H and O–H groups in total. The van der Waals surface area contributed by atoms with E-state index in [0.29, 0.717) is 42.7 Å². The number of nitrogens with zero attached hydrogens (tertiary/aromatic N) is 3. The summed E-state index contributed by atoms with van der Waals surface area (Å²) >= 11 is 1.45. The molecular formula is C39H53N9O11S. The number of benzene rings is 1. The quantitative estimate of drug-likeness (QED) is 0.0703. The van der Waals surface area contributed by atoms with Gasteiger partial charge in [0, 0.05) is 51.2 Å². The Labute approximate surface area is 350 Å². The van der Waals surface area contributed by atoms with E-state index in [1.807, 2.05) is 6.26 Å². The van der Waals surface area contributed by atoms with Gasteiger partial charge in [-0.15, -0.1) is 0 Å².